The van der Waals surface area contributed by atoms with Crippen molar-refractivity contribution in [3.05, 3.63) is 51.9 Å². The zero-order valence-corrected chi connectivity index (χ0v) is 17.4. The fourth-order valence-corrected chi connectivity index (χ4v) is 2.91. The number of pyridine rings is 1. The van der Waals surface area contributed by atoms with Crippen molar-refractivity contribution in [3.63, 3.8) is 0 Å². The molecule has 0 N–H and O–H groups in total. The van der Waals surface area contributed by atoms with E-state index in [1.807, 2.05) is 0 Å². The van der Waals surface area contributed by atoms with Crippen LogP contribution in [-0.4, -0.2) is 45.3 Å². The number of hydrogen-bond acceptors (Lipinski definition) is 8. The lowest BCUT2D eigenvalue weighted by Crippen LogP contribution is -2.30. The summed E-state index contributed by atoms with van der Waals surface area (Å²) < 4.78 is 80.7. The van der Waals surface area contributed by atoms with Crippen LogP contribution in [0.15, 0.2) is 35.3 Å². The highest BCUT2D eigenvalue weighted by Crippen LogP contribution is 2.29. The van der Waals surface area contributed by atoms with Crippen LogP contribution in [0.2, 0.25) is 0 Å². The van der Waals surface area contributed by atoms with E-state index in [1.165, 1.54) is 21.1 Å². The molecule has 0 aliphatic carbocycles. The molecule has 1 aromatic heterocycles. The molecule has 0 radical (unpaired) electrons. The van der Waals surface area contributed by atoms with Crippen molar-refractivity contribution in [2.24, 2.45) is 0 Å². The Bertz CT molecular complexity index is 1130. The van der Waals surface area contributed by atoms with Gasteiger partial charge in [0, 0.05) is 23.9 Å². The van der Waals surface area contributed by atoms with E-state index in [2.05, 4.69) is 4.18 Å². The van der Waals surface area contributed by atoms with Gasteiger partial charge in [-0.1, -0.05) is 0 Å². The van der Waals surface area contributed by atoms with Gasteiger partial charge in [0.15, 0.2) is 5.75 Å². The lowest BCUT2D eigenvalue weighted by molar-refractivity contribution is -0.0500. The smallest absolute Gasteiger partial charge is 0.497 e. The number of ether oxygens (including phenoxy) is 3. The van der Waals surface area contributed by atoms with Crippen molar-refractivity contribution in [2.75, 3.05) is 20.8 Å². The number of methoxy groups -OCH3 is 2. The quantitative estimate of drug-likeness (QED) is 0.332. The lowest BCUT2D eigenvalue weighted by atomic mass is 10.1. The Kier molecular flexibility index (Phi) is 7.21. The van der Waals surface area contributed by atoms with E-state index in [4.69, 9.17) is 14.2 Å². The Morgan fingerprint density at radius 2 is 1.77 bits per heavy atom. The molecule has 0 bridgehead atoms. The van der Waals surface area contributed by atoms with Gasteiger partial charge in [-0.3, -0.25) is 4.79 Å². The van der Waals surface area contributed by atoms with Gasteiger partial charge in [0.05, 0.1) is 27.4 Å². The van der Waals surface area contributed by atoms with Crippen molar-refractivity contribution in [3.8, 4) is 17.2 Å². The molecule has 9 nitrogen and oxygen atoms in total. The molecule has 1 aromatic carbocycles. The molecule has 31 heavy (non-hydrogen) atoms. The Morgan fingerprint density at radius 1 is 1.10 bits per heavy atom. The average Bonchev–Trinajstić information content (AvgIpc) is 2.69. The van der Waals surface area contributed by atoms with Gasteiger partial charge >= 0.3 is 21.6 Å². The number of nitrogens with zero attached hydrogens (tertiary/aromatic N) is 1. The van der Waals surface area contributed by atoms with E-state index in [-0.39, 0.29) is 13.2 Å². The fraction of sp³-hybridized carbons (Fsp3) is 0.333. The number of alkyl halides is 3. The molecule has 1 heterocycles. The molecular weight excluding hydrogens is 447 g/mol. The van der Waals surface area contributed by atoms with Gasteiger partial charge in [0.2, 0.25) is 0 Å². The first-order valence-corrected chi connectivity index (χ1v) is 9.97. The Balaban J connectivity index is 2.56. The summed E-state index contributed by atoms with van der Waals surface area (Å²) >= 11 is 0. The van der Waals surface area contributed by atoms with E-state index in [1.54, 1.807) is 18.2 Å². The third kappa shape index (κ3) is 5.48. The van der Waals surface area contributed by atoms with Crippen molar-refractivity contribution in [1.29, 1.82) is 0 Å². The second-order valence-corrected chi connectivity index (χ2v) is 7.44. The second-order valence-electron chi connectivity index (χ2n) is 5.90. The fourth-order valence-electron chi connectivity index (χ4n) is 2.44. The first-order chi connectivity index (χ1) is 14.4. The molecule has 0 amide bonds. The molecular formula is C18H18F3NO8S. The standard InChI is InChI=1S/C18H18F3NO8S/c1-4-29-17(24)13-10-22(9-11-5-6-12(27-2)7-14(11)28-3)16(23)8-15(13)30-31(25,26)18(19,20)21/h5-8,10H,4,9H2,1-3H3. The summed E-state index contributed by atoms with van der Waals surface area (Å²) in [5.74, 6) is -1.46. The number of halogens is 3. The molecule has 0 aliphatic rings. The minimum absolute atomic E-state index is 0.157. The minimum Gasteiger partial charge on any atom is -0.497 e. The summed E-state index contributed by atoms with van der Waals surface area (Å²) in [7, 11) is -3.30. The SMILES string of the molecule is CCOC(=O)c1cn(Cc2ccc(OC)cc2OC)c(=O)cc1OS(=O)(=O)C(F)(F)F. The Labute approximate surface area is 175 Å². The summed E-state index contributed by atoms with van der Waals surface area (Å²) in [6.45, 7) is 1.11. The molecule has 2 rings (SSSR count). The van der Waals surface area contributed by atoms with Crippen molar-refractivity contribution < 1.29 is 44.8 Å². The summed E-state index contributed by atoms with van der Waals surface area (Å²) in [6, 6.07) is 5.17. The minimum atomic E-state index is -6.12. The maximum atomic E-state index is 12.7. The number of carbonyl (C=O) groups excluding carboxylic acids is 1. The van der Waals surface area contributed by atoms with Crippen LogP contribution in [0, 0.1) is 0 Å². The maximum absolute atomic E-state index is 12.7. The average molecular weight is 465 g/mol. The predicted octanol–water partition coefficient (Wildman–Crippen LogP) is 2.32. The zero-order chi connectivity index (χ0) is 23.4. The van der Waals surface area contributed by atoms with Crippen LogP contribution in [0.1, 0.15) is 22.8 Å². The van der Waals surface area contributed by atoms with Crippen LogP contribution in [0.25, 0.3) is 0 Å². The number of carbonyl (C=O) groups is 1. The highest BCUT2D eigenvalue weighted by molar-refractivity contribution is 7.88. The van der Waals surface area contributed by atoms with Crippen molar-refractivity contribution in [2.45, 2.75) is 19.0 Å². The topological polar surface area (TPSA) is 110 Å². The zero-order valence-electron chi connectivity index (χ0n) is 16.6. The third-order valence-electron chi connectivity index (χ3n) is 3.90. The number of rotatable bonds is 8. The molecule has 0 saturated carbocycles. The molecule has 2 aromatic rings. The van der Waals surface area contributed by atoms with E-state index in [9.17, 15) is 31.2 Å². The summed E-state index contributed by atoms with van der Waals surface area (Å²) in [6.07, 6.45) is 0.852. The normalized spacial score (nSPS) is 11.7. The van der Waals surface area contributed by atoms with Gasteiger partial charge in [-0.25, -0.2) is 4.79 Å². The number of aromatic nitrogens is 1. The van der Waals surface area contributed by atoms with Gasteiger partial charge in [0.1, 0.15) is 17.1 Å². The molecule has 0 atom stereocenters. The largest absolute Gasteiger partial charge is 0.534 e. The first kappa shape index (κ1) is 24.1. The van der Waals surface area contributed by atoms with Crippen LogP contribution in [0.3, 0.4) is 0 Å². The third-order valence-corrected chi connectivity index (χ3v) is 4.87. The van der Waals surface area contributed by atoms with Gasteiger partial charge in [-0.2, -0.15) is 21.6 Å². The molecule has 0 fully saturated rings. The molecule has 0 spiro atoms. The first-order valence-electron chi connectivity index (χ1n) is 8.56. The Morgan fingerprint density at radius 3 is 2.32 bits per heavy atom. The highest BCUT2D eigenvalue weighted by atomic mass is 32.2. The maximum Gasteiger partial charge on any atom is 0.534 e. The van der Waals surface area contributed by atoms with Gasteiger partial charge in [-0.05, 0) is 19.1 Å². The van der Waals surface area contributed by atoms with E-state index in [0.29, 0.717) is 23.1 Å². The molecule has 170 valence electrons. The van der Waals surface area contributed by atoms with Crippen LogP contribution in [-0.2, 0) is 21.4 Å². The molecule has 0 saturated heterocycles. The highest BCUT2D eigenvalue weighted by Gasteiger charge is 2.49. The van der Waals surface area contributed by atoms with Crippen LogP contribution in [0.4, 0.5) is 13.2 Å². The number of benzene rings is 1. The predicted molar refractivity (Wildman–Crippen MR) is 101 cm³/mol. The van der Waals surface area contributed by atoms with E-state index >= 15 is 0 Å². The molecule has 13 heteroatoms. The Hall–Kier alpha value is -3.22. The van der Waals surface area contributed by atoms with Crippen molar-refractivity contribution in [1.82, 2.24) is 4.57 Å². The van der Waals surface area contributed by atoms with Crippen molar-refractivity contribution >= 4 is 16.1 Å². The van der Waals surface area contributed by atoms with Gasteiger partial charge in [0.25, 0.3) is 5.56 Å². The van der Waals surface area contributed by atoms with Gasteiger partial charge in [-0.15, -0.1) is 0 Å². The number of esters is 1. The molecule has 0 aliphatic heterocycles. The van der Waals surface area contributed by atoms with E-state index in [0.717, 1.165) is 10.8 Å². The van der Waals surface area contributed by atoms with Crippen LogP contribution >= 0.6 is 0 Å². The number of hydrogen-bond donors (Lipinski definition) is 0. The summed E-state index contributed by atoms with van der Waals surface area (Å²) in [4.78, 5) is 24.6. The van der Waals surface area contributed by atoms with Crippen LogP contribution < -0.4 is 19.2 Å². The van der Waals surface area contributed by atoms with Gasteiger partial charge < -0.3 is 23.0 Å². The summed E-state index contributed by atoms with van der Waals surface area (Å²) in [5.41, 5.74) is -6.90. The van der Waals surface area contributed by atoms with E-state index < -0.39 is 38.5 Å². The molecule has 0 unspecified atom stereocenters. The lowest BCUT2D eigenvalue weighted by Gasteiger charge is -2.15. The monoisotopic (exact) mass is 465 g/mol. The summed E-state index contributed by atoms with van der Waals surface area (Å²) in [5, 5.41) is 0. The second kappa shape index (κ2) is 9.29. The van der Waals surface area contributed by atoms with Crippen LogP contribution in [0.5, 0.6) is 17.2 Å².